The summed E-state index contributed by atoms with van der Waals surface area (Å²) in [5, 5.41) is 9.55. The molecule has 0 bridgehead atoms. The SMILES string of the molecule is O=C(/C=C/c1ccc(S(=O)(=O)[O-])cc1)c1ccccc1O.[K+]. The molecule has 0 aliphatic carbocycles. The van der Waals surface area contributed by atoms with E-state index in [0.717, 1.165) is 0 Å². The molecular formula is C15H11KO5S. The summed E-state index contributed by atoms with van der Waals surface area (Å²) in [5.41, 5.74) is 0.735. The Morgan fingerprint density at radius 3 is 2.18 bits per heavy atom. The monoisotopic (exact) mass is 342 g/mol. The first kappa shape index (κ1) is 19.2. The van der Waals surface area contributed by atoms with E-state index in [4.69, 9.17) is 0 Å². The number of allylic oxidation sites excluding steroid dienone is 1. The number of hydrogen-bond acceptors (Lipinski definition) is 5. The van der Waals surface area contributed by atoms with Crippen molar-refractivity contribution in [1.29, 1.82) is 0 Å². The van der Waals surface area contributed by atoms with Gasteiger partial charge in [0.05, 0.1) is 10.5 Å². The van der Waals surface area contributed by atoms with Gasteiger partial charge in [-0.15, -0.1) is 0 Å². The molecule has 2 aromatic rings. The molecule has 0 spiro atoms. The van der Waals surface area contributed by atoms with Crippen molar-refractivity contribution < 1.29 is 74.3 Å². The van der Waals surface area contributed by atoms with Crippen LogP contribution in [0.3, 0.4) is 0 Å². The van der Waals surface area contributed by atoms with Crippen LogP contribution in [0.25, 0.3) is 6.08 Å². The van der Waals surface area contributed by atoms with E-state index in [0.29, 0.717) is 5.56 Å². The molecule has 2 aromatic carbocycles. The predicted molar refractivity (Wildman–Crippen MR) is 75.9 cm³/mol. The summed E-state index contributed by atoms with van der Waals surface area (Å²) in [4.78, 5) is 11.5. The number of carbonyl (C=O) groups is 1. The Morgan fingerprint density at radius 2 is 1.64 bits per heavy atom. The summed E-state index contributed by atoms with van der Waals surface area (Å²) in [5.74, 6) is -0.492. The van der Waals surface area contributed by atoms with E-state index in [1.165, 1.54) is 48.6 Å². The van der Waals surface area contributed by atoms with Gasteiger partial charge in [0.25, 0.3) is 0 Å². The number of para-hydroxylation sites is 1. The van der Waals surface area contributed by atoms with Crippen molar-refractivity contribution in [1.82, 2.24) is 0 Å². The number of hydrogen-bond donors (Lipinski definition) is 1. The smallest absolute Gasteiger partial charge is 0.744 e. The van der Waals surface area contributed by atoms with Crippen molar-refractivity contribution in [3.05, 3.63) is 65.7 Å². The average Bonchev–Trinajstić information content (AvgIpc) is 2.45. The normalized spacial score (nSPS) is 11.1. The first-order chi connectivity index (χ1) is 9.88. The summed E-state index contributed by atoms with van der Waals surface area (Å²) < 4.78 is 32.3. The molecule has 108 valence electrons. The zero-order chi connectivity index (χ0) is 15.5. The van der Waals surface area contributed by atoms with Crippen molar-refractivity contribution in [2.45, 2.75) is 4.90 Å². The van der Waals surface area contributed by atoms with Crippen LogP contribution in [0.1, 0.15) is 15.9 Å². The molecule has 2 rings (SSSR count). The molecule has 0 heterocycles. The predicted octanol–water partition coefficient (Wildman–Crippen LogP) is -0.804. The van der Waals surface area contributed by atoms with Crippen LogP contribution in [-0.2, 0) is 10.1 Å². The van der Waals surface area contributed by atoms with Crippen LogP contribution in [0.4, 0.5) is 0 Å². The fraction of sp³-hybridized carbons (Fsp3) is 0. The maximum Gasteiger partial charge on any atom is 1.00 e. The zero-order valence-corrected chi connectivity index (χ0v) is 15.7. The average molecular weight is 342 g/mol. The quantitative estimate of drug-likeness (QED) is 0.340. The van der Waals surface area contributed by atoms with Crippen molar-refractivity contribution in [2.24, 2.45) is 0 Å². The van der Waals surface area contributed by atoms with Crippen LogP contribution >= 0.6 is 0 Å². The Hall–Kier alpha value is -0.804. The fourth-order valence-corrected chi connectivity index (χ4v) is 2.16. The van der Waals surface area contributed by atoms with Gasteiger partial charge in [0.2, 0.25) is 0 Å². The van der Waals surface area contributed by atoms with Crippen molar-refractivity contribution in [3.63, 3.8) is 0 Å². The molecule has 0 saturated carbocycles. The number of carbonyl (C=O) groups excluding carboxylic acids is 1. The Kier molecular flexibility index (Phi) is 7.14. The van der Waals surface area contributed by atoms with Crippen molar-refractivity contribution in [3.8, 4) is 5.75 Å². The summed E-state index contributed by atoms with van der Waals surface area (Å²) in [6, 6.07) is 11.3. The molecular weight excluding hydrogens is 331 g/mol. The zero-order valence-electron chi connectivity index (χ0n) is 11.8. The third-order valence-corrected chi connectivity index (χ3v) is 3.61. The molecule has 0 aliphatic heterocycles. The third-order valence-electron chi connectivity index (χ3n) is 2.77. The molecule has 0 saturated heterocycles. The number of phenolic OH excluding ortho intramolecular Hbond substituents is 1. The molecule has 0 aliphatic rings. The van der Waals surface area contributed by atoms with Gasteiger partial charge in [0.1, 0.15) is 15.9 Å². The topological polar surface area (TPSA) is 94.5 Å². The van der Waals surface area contributed by atoms with Gasteiger partial charge >= 0.3 is 51.4 Å². The Labute approximate surface area is 170 Å². The third kappa shape index (κ3) is 5.13. The molecule has 0 amide bonds. The number of phenols is 1. The molecule has 7 heteroatoms. The van der Waals surface area contributed by atoms with E-state index in [1.54, 1.807) is 12.1 Å². The van der Waals surface area contributed by atoms with E-state index in [2.05, 4.69) is 0 Å². The minimum absolute atomic E-state index is 0. The molecule has 0 radical (unpaired) electrons. The van der Waals surface area contributed by atoms with Gasteiger partial charge in [-0.1, -0.05) is 30.3 Å². The molecule has 0 fully saturated rings. The van der Waals surface area contributed by atoms with Gasteiger partial charge in [-0.2, -0.15) is 0 Å². The number of rotatable bonds is 4. The van der Waals surface area contributed by atoms with Crippen LogP contribution in [0.2, 0.25) is 0 Å². The minimum Gasteiger partial charge on any atom is -0.744 e. The second kappa shape index (κ2) is 8.16. The van der Waals surface area contributed by atoms with Gasteiger partial charge in [0.15, 0.2) is 5.78 Å². The van der Waals surface area contributed by atoms with Crippen LogP contribution < -0.4 is 51.4 Å². The van der Waals surface area contributed by atoms with E-state index in [9.17, 15) is 22.9 Å². The van der Waals surface area contributed by atoms with E-state index in [1.807, 2.05) is 0 Å². The molecule has 0 aromatic heterocycles. The standard InChI is InChI=1S/C15H12O5S.K/c16-14-4-2-1-3-13(14)15(17)10-7-11-5-8-12(9-6-11)21(18,19)20;/h1-10,16H,(H,18,19,20);/q;+1/p-1/b10-7+;. The van der Waals surface area contributed by atoms with E-state index >= 15 is 0 Å². The Bertz CT molecular complexity index is 795. The molecule has 22 heavy (non-hydrogen) atoms. The van der Waals surface area contributed by atoms with Crippen LogP contribution in [0.5, 0.6) is 5.75 Å². The largest absolute Gasteiger partial charge is 1.00 e. The maximum atomic E-state index is 11.9. The molecule has 1 N–H and O–H groups in total. The Morgan fingerprint density at radius 1 is 1.05 bits per heavy atom. The van der Waals surface area contributed by atoms with Crippen LogP contribution in [0.15, 0.2) is 59.5 Å². The van der Waals surface area contributed by atoms with Gasteiger partial charge in [-0.25, -0.2) is 8.42 Å². The van der Waals surface area contributed by atoms with E-state index < -0.39 is 10.1 Å². The van der Waals surface area contributed by atoms with Crippen molar-refractivity contribution in [2.75, 3.05) is 0 Å². The Balaban J connectivity index is 0.00000242. The second-order valence-electron chi connectivity index (χ2n) is 4.24. The van der Waals surface area contributed by atoms with Crippen LogP contribution in [0, 0.1) is 0 Å². The molecule has 5 nitrogen and oxygen atoms in total. The van der Waals surface area contributed by atoms with Gasteiger partial charge < -0.3 is 9.66 Å². The minimum atomic E-state index is -4.47. The van der Waals surface area contributed by atoms with Gasteiger partial charge in [-0.05, 0) is 35.9 Å². The van der Waals surface area contributed by atoms with Crippen LogP contribution in [-0.4, -0.2) is 23.9 Å². The van der Waals surface area contributed by atoms with Gasteiger partial charge in [-0.3, -0.25) is 4.79 Å². The molecule has 0 unspecified atom stereocenters. The first-order valence-corrected chi connectivity index (χ1v) is 7.35. The van der Waals surface area contributed by atoms with E-state index in [-0.39, 0.29) is 73.4 Å². The number of ketones is 1. The number of aromatic hydroxyl groups is 1. The first-order valence-electron chi connectivity index (χ1n) is 5.94. The second-order valence-corrected chi connectivity index (χ2v) is 5.62. The summed E-state index contributed by atoms with van der Waals surface area (Å²) in [7, 11) is -4.47. The number of benzene rings is 2. The summed E-state index contributed by atoms with van der Waals surface area (Å²) in [6.07, 6.45) is 2.73. The maximum absolute atomic E-state index is 11.9. The summed E-state index contributed by atoms with van der Waals surface area (Å²) >= 11 is 0. The van der Waals surface area contributed by atoms with Gasteiger partial charge in [0, 0.05) is 0 Å². The van der Waals surface area contributed by atoms with Crippen molar-refractivity contribution >= 4 is 22.0 Å². The summed E-state index contributed by atoms with van der Waals surface area (Å²) in [6.45, 7) is 0. The molecule has 0 atom stereocenters. The fourth-order valence-electron chi connectivity index (χ4n) is 1.69.